The van der Waals surface area contributed by atoms with Gasteiger partial charge in [0.2, 0.25) is 12.7 Å². The molecule has 2 amide bonds. The second-order valence-electron chi connectivity index (χ2n) is 9.99. The highest BCUT2D eigenvalue weighted by atomic mass is 16.7. The van der Waals surface area contributed by atoms with E-state index in [0.29, 0.717) is 43.4 Å². The zero-order valence-corrected chi connectivity index (χ0v) is 22.6. The van der Waals surface area contributed by atoms with Crippen molar-refractivity contribution in [3.05, 3.63) is 77.4 Å². The predicted molar refractivity (Wildman–Crippen MR) is 148 cm³/mol. The number of fused-ring (bicyclic) bond motifs is 1. The first kappa shape index (κ1) is 26.7. The Morgan fingerprint density at radius 3 is 2.26 bits per heavy atom. The number of methoxy groups -OCH3 is 2. The normalized spacial score (nSPS) is 14.6. The lowest BCUT2D eigenvalue weighted by Gasteiger charge is -2.22. The maximum absolute atomic E-state index is 13.4. The van der Waals surface area contributed by atoms with Gasteiger partial charge in [-0.25, -0.2) is 0 Å². The van der Waals surface area contributed by atoms with E-state index in [1.54, 1.807) is 19.1 Å². The molecule has 1 aliphatic heterocycles. The molecule has 1 aliphatic carbocycles. The van der Waals surface area contributed by atoms with Gasteiger partial charge in [0.05, 0.1) is 18.6 Å². The molecule has 5 rings (SSSR count). The van der Waals surface area contributed by atoms with Crippen LogP contribution in [0.1, 0.15) is 34.3 Å². The summed E-state index contributed by atoms with van der Waals surface area (Å²) in [7, 11) is 3.24. The highest BCUT2D eigenvalue weighted by Crippen LogP contribution is 2.51. The van der Waals surface area contributed by atoms with Gasteiger partial charge in [-0.3, -0.25) is 9.59 Å². The lowest BCUT2D eigenvalue weighted by Crippen LogP contribution is -2.36. The van der Waals surface area contributed by atoms with Gasteiger partial charge in [-0.2, -0.15) is 0 Å². The van der Waals surface area contributed by atoms with Gasteiger partial charge in [0.1, 0.15) is 0 Å². The maximum atomic E-state index is 13.4. The highest BCUT2D eigenvalue weighted by molar-refractivity contribution is 6.02. The predicted octanol–water partition coefficient (Wildman–Crippen LogP) is 4.80. The zero-order valence-electron chi connectivity index (χ0n) is 22.6. The van der Waals surface area contributed by atoms with Crippen LogP contribution in [0.5, 0.6) is 11.5 Å². The molecule has 8 nitrogen and oxygen atoms in total. The Bertz CT molecular complexity index is 1340. The van der Waals surface area contributed by atoms with E-state index in [4.69, 9.17) is 18.9 Å². The topological polar surface area (TPSA) is 86.3 Å². The number of carbonyl (C=O) groups excluding carboxylic acids is 2. The molecular weight excluding hydrogens is 496 g/mol. The Morgan fingerprint density at radius 2 is 1.59 bits per heavy atom. The summed E-state index contributed by atoms with van der Waals surface area (Å²) in [6.07, 6.45) is 1.58. The van der Waals surface area contributed by atoms with Crippen LogP contribution < -0.4 is 14.8 Å². The van der Waals surface area contributed by atoms with Crippen molar-refractivity contribution in [3.8, 4) is 22.6 Å². The van der Waals surface area contributed by atoms with Crippen molar-refractivity contribution in [2.24, 2.45) is 0 Å². The van der Waals surface area contributed by atoms with Crippen LogP contribution in [0.4, 0.5) is 5.69 Å². The van der Waals surface area contributed by atoms with Crippen LogP contribution in [0.25, 0.3) is 11.1 Å². The van der Waals surface area contributed by atoms with Gasteiger partial charge in [-0.15, -0.1) is 0 Å². The summed E-state index contributed by atoms with van der Waals surface area (Å²) in [4.78, 5) is 28.2. The van der Waals surface area contributed by atoms with Crippen LogP contribution in [0, 0.1) is 6.92 Å². The third-order valence-electron chi connectivity index (χ3n) is 7.47. The molecule has 39 heavy (non-hydrogen) atoms. The monoisotopic (exact) mass is 530 g/mol. The standard InChI is InChI=1S/C31H34N2O6/c1-21-4-10-25(32-30(35)31(12-13-31)24-9-11-27-28(18-24)39-20-38-27)19-26(21)22-5-7-23(8-6-22)29(34)33(14-16-36-2)15-17-37-3/h4-11,18-19H,12-17,20H2,1-3H3,(H,32,35). The number of hydrogen-bond acceptors (Lipinski definition) is 6. The lowest BCUT2D eigenvalue weighted by atomic mass is 9.94. The summed E-state index contributed by atoms with van der Waals surface area (Å²) >= 11 is 0. The van der Waals surface area contributed by atoms with Crippen molar-refractivity contribution >= 4 is 17.5 Å². The molecule has 0 saturated heterocycles. The fourth-order valence-corrected chi connectivity index (χ4v) is 4.92. The van der Waals surface area contributed by atoms with E-state index in [2.05, 4.69) is 5.32 Å². The molecule has 0 bridgehead atoms. The molecule has 3 aromatic carbocycles. The summed E-state index contributed by atoms with van der Waals surface area (Å²) in [6, 6.07) is 19.2. The molecule has 1 heterocycles. The number of nitrogens with zero attached hydrogens (tertiary/aromatic N) is 1. The minimum absolute atomic E-state index is 0.0238. The molecule has 8 heteroatoms. The van der Waals surface area contributed by atoms with Gasteiger partial charge < -0.3 is 29.2 Å². The van der Waals surface area contributed by atoms with Crippen molar-refractivity contribution in [2.45, 2.75) is 25.2 Å². The second kappa shape index (κ2) is 11.5. The fourth-order valence-electron chi connectivity index (χ4n) is 4.92. The van der Waals surface area contributed by atoms with E-state index in [1.165, 1.54) is 0 Å². The largest absolute Gasteiger partial charge is 0.454 e. The summed E-state index contributed by atoms with van der Waals surface area (Å²) in [5.41, 5.74) is 4.77. The fraction of sp³-hybridized carbons (Fsp3) is 0.355. The molecule has 0 radical (unpaired) electrons. The first-order chi connectivity index (χ1) is 18.9. The quantitative estimate of drug-likeness (QED) is 0.384. The summed E-state index contributed by atoms with van der Waals surface area (Å²) in [6.45, 7) is 4.15. The molecule has 0 atom stereocenters. The first-order valence-corrected chi connectivity index (χ1v) is 13.1. The van der Waals surface area contributed by atoms with Crippen molar-refractivity contribution in [2.75, 3.05) is 52.6 Å². The third kappa shape index (κ3) is 5.62. The molecule has 3 aromatic rings. The van der Waals surface area contributed by atoms with E-state index in [9.17, 15) is 9.59 Å². The number of nitrogens with one attached hydrogen (secondary N) is 1. The minimum atomic E-state index is -0.550. The zero-order chi connectivity index (χ0) is 27.4. The number of ether oxygens (including phenoxy) is 4. The summed E-state index contributed by atoms with van der Waals surface area (Å²) in [5.74, 6) is 1.31. The lowest BCUT2D eigenvalue weighted by molar-refractivity contribution is -0.118. The second-order valence-corrected chi connectivity index (χ2v) is 9.99. The van der Waals surface area contributed by atoms with Gasteiger partial charge in [-0.1, -0.05) is 24.3 Å². The highest BCUT2D eigenvalue weighted by Gasteiger charge is 2.51. The van der Waals surface area contributed by atoms with Crippen molar-refractivity contribution < 1.29 is 28.5 Å². The SMILES string of the molecule is COCCN(CCOC)C(=O)c1ccc(-c2cc(NC(=O)C3(c4ccc5c(c4)OCO5)CC3)ccc2C)cc1. The minimum Gasteiger partial charge on any atom is -0.454 e. The van der Waals surface area contributed by atoms with Crippen LogP contribution in [0.2, 0.25) is 0 Å². The third-order valence-corrected chi connectivity index (χ3v) is 7.47. The molecule has 1 saturated carbocycles. The molecule has 2 aliphatic rings. The van der Waals surface area contributed by atoms with Crippen molar-refractivity contribution in [3.63, 3.8) is 0 Å². The van der Waals surface area contributed by atoms with Crippen LogP contribution in [0.3, 0.4) is 0 Å². The van der Waals surface area contributed by atoms with E-state index in [1.807, 2.05) is 67.6 Å². The number of carbonyl (C=O) groups is 2. The summed E-state index contributed by atoms with van der Waals surface area (Å²) in [5, 5.41) is 3.14. The number of hydrogen-bond donors (Lipinski definition) is 1. The maximum Gasteiger partial charge on any atom is 0.254 e. The Balaban J connectivity index is 1.31. The van der Waals surface area contributed by atoms with Crippen LogP contribution >= 0.6 is 0 Å². The Hall–Kier alpha value is -3.88. The Labute approximate surface area is 228 Å². The molecule has 204 valence electrons. The number of rotatable bonds is 11. The van der Waals surface area contributed by atoms with Crippen LogP contribution in [-0.4, -0.2) is 64.0 Å². The van der Waals surface area contributed by atoms with E-state index in [-0.39, 0.29) is 18.6 Å². The van der Waals surface area contributed by atoms with Gasteiger partial charge in [-0.05, 0) is 78.4 Å². The van der Waals surface area contributed by atoms with E-state index >= 15 is 0 Å². The van der Waals surface area contributed by atoms with Crippen molar-refractivity contribution in [1.82, 2.24) is 4.90 Å². The Morgan fingerprint density at radius 1 is 0.897 bits per heavy atom. The van der Waals surface area contributed by atoms with Crippen LogP contribution in [0.15, 0.2) is 60.7 Å². The average molecular weight is 531 g/mol. The molecule has 0 spiro atoms. The molecule has 1 N–H and O–H groups in total. The number of anilines is 1. The number of amides is 2. The molecule has 1 fully saturated rings. The van der Waals surface area contributed by atoms with E-state index < -0.39 is 5.41 Å². The smallest absolute Gasteiger partial charge is 0.254 e. The number of benzene rings is 3. The average Bonchev–Trinajstić information content (AvgIpc) is 3.64. The van der Waals surface area contributed by atoms with Gasteiger partial charge in [0, 0.05) is 38.6 Å². The number of aryl methyl sites for hydroxylation is 1. The van der Waals surface area contributed by atoms with Gasteiger partial charge >= 0.3 is 0 Å². The van der Waals surface area contributed by atoms with Gasteiger partial charge in [0.15, 0.2) is 11.5 Å². The molecular formula is C31H34N2O6. The summed E-state index contributed by atoms with van der Waals surface area (Å²) < 4.78 is 21.3. The van der Waals surface area contributed by atoms with E-state index in [0.717, 1.165) is 40.8 Å². The first-order valence-electron chi connectivity index (χ1n) is 13.1. The molecule has 0 aromatic heterocycles. The van der Waals surface area contributed by atoms with Crippen molar-refractivity contribution in [1.29, 1.82) is 0 Å². The van der Waals surface area contributed by atoms with Gasteiger partial charge in [0.25, 0.3) is 5.91 Å². The van der Waals surface area contributed by atoms with Crippen LogP contribution in [-0.2, 0) is 19.7 Å². The molecule has 0 unspecified atom stereocenters. The Kier molecular flexibility index (Phi) is 7.86.